The molecule has 0 spiro atoms. The van der Waals surface area contributed by atoms with Gasteiger partial charge in [-0.25, -0.2) is 4.98 Å². The summed E-state index contributed by atoms with van der Waals surface area (Å²) >= 11 is 0. The number of aromatic nitrogens is 2. The Balaban J connectivity index is 1.64. The van der Waals surface area contributed by atoms with E-state index in [0.717, 1.165) is 11.9 Å². The Hall–Kier alpha value is -2.35. The van der Waals surface area contributed by atoms with Gasteiger partial charge in [0.15, 0.2) is 0 Å². The zero-order chi connectivity index (χ0) is 18.7. The second-order valence-corrected chi connectivity index (χ2v) is 6.53. The molecule has 1 saturated heterocycles. The minimum atomic E-state index is -4.32. The van der Waals surface area contributed by atoms with E-state index in [1.165, 1.54) is 6.07 Å². The zero-order valence-electron chi connectivity index (χ0n) is 14.9. The maximum Gasteiger partial charge on any atom is 0.416 e. The summed E-state index contributed by atoms with van der Waals surface area (Å²) in [5.41, 5.74) is -0.233. The smallest absolute Gasteiger partial charge is 0.363 e. The van der Waals surface area contributed by atoms with E-state index in [0.29, 0.717) is 44.2 Å². The highest BCUT2D eigenvalue weighted by Crippen LogP contribution is 2.32. The molecule has 140 valence electrons. The van der Waals surface area contributed by atoms with Gasteiger partial charge in [0, 0.05) is 53.0 Å². The second kappa shape index (κ2) is 7.49. The van der Waals surface area contributed by atoms with Crippen LogP contribution in [0.25, 0.3) is 0 Å². The summed E-state index contributed by atoms with van der Waals surface area (Å²) in [5.74, 6) is 1.49. The topological polar surface area (TPSA) is 35.5 Å². The molecule has 1 aromatic heterocycles. The quantitative estimate of drug-likeness (QED) is 0.833. The maximum atomic E-state index is 13.1. The number of nitrogens with zero attached hydrogens (tertiary/aromatic N) is 5. The molecular formula is C18H22F3N5. The van der Waals surface area contributed by atoms with Crippen molar-refractivity contribution in [2.75, 3.05) is 50.1 Å². The lowest BCUT2D eigenvalue weighted by atomic mass is 10.1. The van der Waals surface area contributed by atoms with Gasteiger partial charge in [0.2, 0.25) is 5.95 Å². The van der Waals surface area contributed by atoms with E-state index in [-0.39, 0.29) is 0 Å². The Morgan fingerprint density at radius 1 is 1.04 bits per heavy atom. The first-order valence-electron chi connectivity index (χ1n) is 8.47. The van der Waals surface area contributed by atoms with Crippen LogP contribution in [0.3, 0.4) is 0 Å². The molecule has 3 rings (SSSR count). The van der Waals surface area contributed by atoms with Crippen molar-refractivity contribution in [3.05, 3.63) is 47.7 Å². The summed E-state index contributed by atoms with van der Waals surface area (Å²) in [6.07, 6.45) is -2.59. The van der Waals surface area contributed by atoms with E-state index in [9.17, 15) is 13.2 Å². The number of halogens is 3. The lowest BCUT2D eigenvalue weighted by molar-refractivity contribution is -0.138. The predicted molar refractivity (Wildman–Crippen MR) is 95.3 cm³/mol. The molecule has 1 aliphatic rings. The molecule has 1 fully saturated rings. The third-order valence-electron chi connectivity index (χ3n) is 4.46. The van der Waals surface area contributed by atoms with E-state index in [1.807, 2.05) is 30.0 Å². The van der Waals surface area contributed by atoms with Gasteiger partial charge in [-0.15, -0.1) is 0 Å². The first-order valence-corrected chi connectivity index (χ1v) is 8.47. The van der Waals surface area contributed by atoms with Crippen LogP contribution in [0.4, 0.5) is 24.9 Å². The third-order valence-corrected chi connectivity index (χ3v) is 4.46. The number of hydrogen-bond donors (Lipinski definition) is 0. The molecule has 0 radical (unpaired) electrons. The Bertz CT molecular complexity index is 740. The fourth-order valence-electron chi connectivity index (χ4n) is 3.02. The Morgan fingerprint density at radius 2 is 1.73 bits per heavy atom. The van der Waals surface area contributed by atoms with E-state index < -0.39 is 11.7 Å². The minimum absolute atomic E-state index is 0.294. The molecule has 8 heteroatoms. The standard InChI is InChI=1S/C18H22F3N5/c1-24(2)16-7-8-22-17(23-16)26-11-9-25(10-12-26)13-14-5-3-4-6-15(14)18(19,20)21/h3-8H,9-13H2,1-2H3. The lowest BCUT2D eigenvalue weighted by Gasteiger charge is -2.35. The molecule has 1 aliphatic heterocycles. The molecular weight excluding hydrogens is 343 g/mol. The van der Waals surface area contributed by atoms with Crippen LogP contribution >= 0.6 is 0 Å². The number of alkyl halides is 3. The number of benzene rings is 1. The van der Waals surface area contributed by atoms with Crippen molar-refractivity contribution in [2.24, 2.45) is 0 Å². The summed E-state index contributed by atoms with van der Waals surface area (Å²) < 4.78 is 39.4. The fraction of sp³-hybridized carbons (Fsp3) is 0.444. The number of anilines is 2. The van der Waals surface area contributed by atoms with Gasteiger partial charge >= 0.3 is 6.18 Å². The first-order chi connectivity index (χ1) is 12.3. The summed E-state index contributed by atoms with van der Waals surface area (Å²) in [4.78, 5) is 14.9. The van der Waals surface area contributed by atoms with Crippen LogP contribution in [0.1, 0.15) is 11.1 Å². The van der Waals surface area contributed by atoms with Gasteiger partial charge in [-0.1, -0.05) is 18.2 Å². The molecule has 0 bridgehead atoms. The first kappa shape index (κ1) is 18.4. The van der Waals surface area contributed by atoms with Crippen LogP contribution < -0.4 is 9.80 Å². The second-order valence-electron chi connectivity index (χ2n) is 6.53. The normalized spacial score (nSPS) is 16.0. The number of hydrogen-bond acceptors (Lipinski definition) is 5. The maximum absolute atomic E-state index is 13.1. The van der Waals surface area contributed by atoms with Crippen molar-refractivity contribution in [1.29, 1.82) is 0 Å². The highest BCUT2D eigenvalue weighted by Gasteiger charge is 2.33. The molecule has 26 heavy (non-hydrogen) atoms. The van der Waals surface area contributed by atoms with Crippen molar-refractivity contribution in [2.45, 2.75) is 12.7 Å². The highest BCUT2D eigenvalue weighted by molar-refractivity contribution is 5.42. The molecule has 0 amide bonds. The molecule has 0 aliphatic carbocycles. The minimum Gasteiger partial charge on any atom is -0.363 e. The number of piperazine rings is 1. The van der Waals surface area contributed by atoms with E-state index in [1.54, 1.807) is 18.3 Å². The monoisotopic (exact) mass is 365 g/mol. The Morgan fingerprint density at radius 3 is 2.38 bits per heavy atom. The van der Waals surface area contributed by atoms with Crippen molar-refractivity contribution >= 4 is 11.8 Å². The van der Waals surface area contributed by atoms with Gasteiger partial charge in [-0.05, 0) is 17.7 Å². The number of rotatable bonds is 4. The van der Waals surface area contributed by atoms with E-state index >= 15 is 0 Å². The molecule has 2 heterocycles. The Kier molecular flexibility index (Phi) is 5.31. The van der Waals surface area contributed by atoms with E-state index in [2.05, 4.69) is 14.9 Å². The van der Waals surface area contributed by atoms with Gasteiger partial charge in [0.25, 0.3) is 0 Å². The predicted octanol–water partition coefficient (Wildman–Crippen LogP) is 2.88. The summed E-state index contributed by atoms with van der Waals surface area (Å²) in [6.45, 7) is 3.00. The van der Waals surface area contributed by atoms with Gasteiger partial charge in [-0.3, -0.25) is 4.90 Å². The molecule has 5 nitrogen and oxygen atoms in total. The van der Waals surface area contributed by atoms with Crippen LogP contribution in [-0.4, -0.2) is 55.1 Å². The molecule has 0 atom stereocenters. The fourth-order valence-corrected chi connectivity index (χ4v) is 3.02. The van der Waals surface area contributed by atoms with Crippen LogP contribution in [0.5, 0.6) is 0 Å². The zero-order valence-corrected chi connectivity index (χ0v) is 14.9. The van der Waals surface area contributed by atoms with Crippen LogP contribution in [-0.2, 0) is 12.7 Å². The average molecular weight is 365 g/mol. The van der Waals surface area contributed by atoms with Gasteiger partial charge in [0.05, 0.1) is 5.56 Å². The Labute approximate surface area is 151 Å². The largest absolute Gasteiger partial charge is 0.416 e. The molecule has 0 N–H and O–H groups in total. The molecule has 1 aromatic carbocycles. The van der Waals surface area contributed by atoms with Crippen molar-refractivity contribution in [3.8, 4) is 0 Å². The van der Waals surface area contributed by atoms with Crippen LogP contribution in [0, 0.1) is 0 Å². The summed E-state index contributed by atoms with van der Waals surface area (Å²) in [5, 5.41) is 0. The van der Waals surface area contributed by atoms with Crippen molar-refractivity contribution in [3.63, 3.8) is 0 Å². The summed E-state index contributed by atoms with van der Waals surface area (Å²) in [7, 11) is 3.84. The van der Waals surface area contributed by atoms with Gasteiger partial charge in [-0.2, -0.15) is 18.2 Å². The highest BCUT2D eigenvalue weighted by atomic mass is 19.4. The lowest BCUT2D eigenvalue weighted by Crippen LogP contribution is -2.46. The van der Waals surface area contributed by atoms with Gasteiger partial charge < -0.3 is 9.80 Å². The summed E-state index contributed by atoms with van der Waals surface area (Å²) in [6, 6.07) is 7.62. The van der Waals surface area contributed by atoms with Crippen LogP contribution in [0.15, 0.2) is 36.5 Å². The van der Waals surface area contributed by atoms with Crippen molar-refractivity contribution in [1.82, 2.24) is 14.9 Å². The van der Waals surface area contributed by atoms with Gasteiger partial charge in [0.1, 0.15) is 5.82 Å². The van der Waals surface area contributed by atoms with Crippen LogP contribution in [0.2, 0.25) is 0 Å². The van der Waals surface area contributed by atoms with E-state index in [4.69, 9.17) is 0 Å². The molecule has 0 saturated carbocycles. The molecule has 2 aromatic rings. The average Bonchev–Trinajstić information content (AvgIpc) is 2.62. The van der Waals surface area contributed by atoms with Crippen molar-refractivity contribution < 1.29 is 13.2 Å². The SMILES string of the molecule is CN(C)c1ccnc(N2CCN(Cc3ccccc3C(F)(F)F)CC2)n1. The molecule has 0 unspecified atom stereocenters. The third kappa shape index (κ3) is 4.24.